The Bertz CT molecular complexity index is 471. The lowest BCUT2D eigenvalue weighted by Gasteiger charge is -2.19. The highest BCUT2D eigenvalue weighted by Crippen LogP contribution is 2.29. The molecule has 0 aromatic carbocycles. The maximum absolute atomic E-state index is 11.2. The van der Waals surface area contributed by atoms with Crippen LogP contribution in [-0.4, -0.2) is 23.4 Å². The summed E-state index contributed by atoms with van der Waals surface area (Å²) in [5.41, 5.74) is 4.38. The summed E-state index contributed by atoms with van der Waals surface area (Å²) in [5.74, 6) is 0. The van der Waals surface area contributed by atoms with Crippen LogP contribution in [0.3, 0.4) is 0 Å². The van der Waals surface area contributed by atoms with Gasteiger partial charge >= 0.3 is 6.09 Å². The van der Waals surface area contributed by atoms with E-state index in [4.69, 9.17) is 9.57 Å². The third-order valence-corrected chi connectivity index (χ3v) is 2.77. The van der Waals surface area contributed by atoms with Crippen LogP contribution in [0.4, 0.5) is 14.9 Å². The Hall–Kier alpha value is -1.78. The van der Waals surface area contributed by atoms with Gasteiger partial charge in [0, 0.05) is 0 Å². The molecule has 0 aliphatic carbocycles. The fourth-order valence-electron chi connectivity index (χ4n) is 1.06. The van der Waals surface area contributed by atoms with Gasteiger partial charge in [-0.15, -0.1) is 10.5 Å². The number of nitrogens with one attached hydrogen (secondary N) is 3. The van der Waals surface area contributed by atoms with E-state index in [0.29, 0.717) is 15.8 Å². The number of nitroso groups, excluding NO2 is 1. The summed E-state index contributed by atoms with van der Waals surface area (Å²) in [6.07, 6.45) is -0.657. The zero-order chi connectivity index (χ0) is 15.2. The average molecular weight is 303 g/mol. The number of thiazole rings is 1. The van der Waals surface area contributed by atoms with Crippen molar-refractivity contribution in [2.45, 2.75) is 33.3 Å². The number of carbonyl (C=O) groups is 1. The minimum Gasteiger partial charge on any atom is -0.443 e. The Morgan fingerprint density at radius 3 is 2.70 bits per heavy atom. The number of nitrogens with zero attached hydrogens (tertiary/aromatic N) is 2. The molecule has 0 saturated carbocycles. The van der Waals surface area contributed by atoms with Gasteiger partial charge in [0.05, 0.1) is 5.69 Å². The van der Waals surface area contributed by atoms with Crippen molar-refractivity contribution in [2.24, 2.45) is 5.18 Å². The van der Waals surface area contributed by atoms with Crippen molar-refractivity contribution in [3.05, 3.63) is 10.6 Å². The first-order valence-corrected chi connectivity index (χ1v) is 6.54. The van der Waals surface area contributed by atoms with Gasteiger partial charge in [-0.05, 0) is 32.9 Å². The zero-order valence-corrected chi connectivity index (χ0v) is 12.5. The maximum Gasteiger partial charge on any atom is 0.423 e. The van der Waals surface area contributed by atoms with E-state index in [0.717, 1.165) is 11.3 Å². The van der Waals surface area contributed by atoms with Crippen LogP contribution in [0.15, 0.2) is 5.18 Å². The number of hydrazine groups is 1. The second-order valence-electron chi connectivity index (χ2n) is 4.70. The van der Waals surface area contributed by atoms with Crippen molar-refractivity contribution >= 4 is 27.6 Å². The third kappa shape index (κ3) is 5.91. The number of rotatable bonds is 6. The second-order valence-corrected chi connectivity index (χ2v) is 5.67. The number of carbonyl (C=O) groups excluding carboxylic acids is 1. The molecule has 20 heavy (non-hydrogen) atoms. The highest BCUT2D eigenvalue weighted by atomic mass is 32.1. The molecule has 0 unspecified atom stereocenters. The summed E-state index contributed by atoms with van der Waals surface area (Å²) in [6, 6.07) is 0. The van der Waals surface area contributed by atoms with Crippen LogP contribution in [0.1, 0.15) is 26.5 Å². The van der Waals surface area contributed by atoms with Crippen molar-refractivity contribution in [3.8, 4) is 0 Å². The molecule has 1 rings (SSSR count). The number of hydrogen-bond donors (Lipinski definition) is 3. The molecule has 0 radical (unpaired) electrons. The molecule has 10 heteroatoms. The number of ether oxygens (including phenoxy) is 1. The molecule has 0 aliphatic rings. The van der Waals surface area contributed by atoms with Crippen LogP contribution < -0.4 is 16.3 Å². The molecule has 0 atom stereocenters. The van der Waals surface area contributed by atoms with Crippen LogP contribution in [0.25, 0.3) is 0 Å². The van der Waals surface area contributed by atoms with Crippen molar-refractivity contribution in [1.29, 1.82) is 0 Å². The molecule has 1 heterocycles. The summed E-state index contributed by atoms with van der Waals surface area (Å²) < 4.78 is 4.97. The SMILES string of the molecule is Cc1nc(NCONNC(=O)OC(C)(C)C)sc1N=O. The zero-order valence-electron chi connectivity index (χ0n) is 11.6. The average Bonchev–Trinajstić information content (AvgIpc) is 2.67. The monoisotopic (exact) mass is 303 g/mol. The van der Waals surface area contributed by atoms with Crippen LogP contribution in [-0.2, 0) is 9.57 Å². The predicted molar refractivity (Wildman–Crippen MR) is 74.4 cm³/mol. The summed E-state index contributed by atoms with van der Waals surface area (Å²) in [7, 11) is 0. The molecule has 1 aromatic rings. The molecule has 1 amide bonds. The van der Waals surface area contributed by atoms with Crippen LogP contribution >= 0.6 is 11.3 Å². The predicted octanol–water partition coefficient (Wildman–Crippen LogP) is 2.18. The number of amides is 1. The van der Waals surface area contributed by atoms with Crippen LogP contribution in [0.5, 0.6) is 0 Å². The van der Waals surface area contributed by atoms with Gasteiger partial charge in [-0.1, -0.05) is 11.3 Å². The van der Waals surface area contributed by atoms with Gasteiger partial charge in [0.2, 0.25) is 0 Å². The van der Waals surface area contributed by atoms with Gasteiger partial charge in [0.25, 0.3) is 0 Å². The molecule has 3 N–H and O–H groups in total. The molecule has 0 spiro atoms. The fourth-order valence-corrected chi connectivity index (χ4v) is 1.79. The molecule has 112 valence electrons. The lowest BCUT2D eigenvalue weighted by atomic mass is 10.2. The summed E-state index contributed by atoms with van der Waals surface area (Å²) in [6.45, 7) is 6.96. The lowest BCUT2D eigenvalue weighted by molar-refractivity contribution is -0.000241. The number of aromatic nitrogens is 1. The topological polar surface area (TPSA) is 114 Å². The van der Waals surface area contributed by atoms with Crippen LogP contribution in [0, 0.1) is 11.8 Å². The molecule has 1 aromatic heterocycles. The molecule has 0 fully saturated rings. The standard InChI is InChI=1S/C10H17N5O4S/c1-6-7(14-17)20-8(12-6)11-5-18-15-13-9(16)19-10(2,3)4/h15H,5H2,1-4H3,(H,11,12)(H,13,16). The summed E-state index contributed by atoms with van der Waals surface area (Å²) in [5, 5.41) is 6.43. The smallest absolute Gasteiger partial charge is 0.423 e. The minimum absolute atomic E-state index is 0.0288. The number of anilines is 1. The van der Waals surface area contributed by atoms with E-state index in [1.54, 1.807) is 27.7 Å². The van der Waals surface area contributed by atoms with Crippen LogP contribution in [0.2, 0.25) is 0 Å². The van der Waals surface area contributed by atoms with Gasteiger partial charge in [-0.2, -0.15) is 0 Å². The molecular weight excluding hydrogens is 286 g/mol. The van der Waals surface area contributed by atoms with E-state index >= 15 is 0 Å². The third-order valence-electron chi connectivity index (χ3n) is 1.77. The van der Waals surface area contributed by atoms with Gasteiger partial charge in [0.15, 0.2) is 10.1 Å². The van der Waals surface area contributed by atoms with Crippen molar-refractivity contribution in [1.82, 2.24) is 16.0 Å². The minimum atomic E-state index is -0.657. The summed E-state index contributed by atoms with van der Waals surface area (Å²) in [4.78, 5) is 30.6. The highest BCUT2D eigenvalue weighted by Gasteiger charge is 2.15. The van der Waals surface area contributed by atoms with E-state index in [-0.39, 0.29) is 6.73 Å². The van der Waals surface area contributed by atoms with Crippen molar-refractivity contribution < 1.29 is 14.4 Å². The lowest BCUT2D eigenvalue weighted by Crippen LogP contribution is -2.41. The molecule has 0 bridgehead atoms. The first-order valence-electron chi connectivity index (χ1n) is 5.72. The van der Waals surface area contributed by atoms with Gasteiger partial charge in [0.1, 0.15) is 12.3 Å². The Balaban J connectivity index is 2.19. The van der Waals surface area contributed by atoms with Crippen molar-refractivity contribution in [2.75, 3.05) is 12.0 Å². The van der Waals surface area contributed by atoms with Gasteiger partial charge in [-0.25, -0.2) is 15.2 Å². The number of hydrogen-bond acceptors (Lipinski definition) is 9. The van der Waals surface area contributed by atoms with E-state index in [1.165, 1.54) is 0 Å². The Labute approximate surface area is 120 Å². The number of aryl methyl sites for hydroxylation is 1. The molecule has 9 nitrogen and oxygen atoms in total. The van der Waals surface area contributed by atoms with E-state index < -0.39 is 11.7 Å². The largest absolute Gasteiger partial charge is 0.443 e. The van der Waals surface area contributed by atoms with Crippen molar-refractivity contribution in [3.63, 3.8) is 0 Å². The fraction of sp³-hybridized carbons (Fsp3) is 0.600. The normalized spacial score (nSPS) is 11.0. The first kappa shape index (κ1) is 16.3. The Morgan fingerprint density at radius 2 is 2.15 bits per heavy atom. The Morgan fingerprint density at radius 1 is 1.45 bits per heavy atom. The highest BCUT2D eigenvalue weighted by molar-refractivity contribution is 7.19. The molecule has 0 aliphatic heterocycles. The summed E-state index contributed by atoms with van der Waals surface area (Å²) >= 11 is 1.11. The van der Waals surface area contributed by atoms with E-state index in [1.807, 2.05) is 0 Å². The van der Waals surface area contributed by atoms with E-state index in [2.05, 4.69) is 26.5 Å². The molecular formula is C10H17N5O4S. The van der Waals surface area contributed by atoms with Gasteiger partial charge < -0.3 is 10.1 Å². The molecule has 0 saturated heterocycles. The maximum atomic E-state index is 11.2. The Kier molecular flexibility index (Phi) is 5.80. The van der Waals surface area contributed by atoms with E-state index in [9.17, 15) is 9.70 Å². The first-order chi connectivity index (χ1) is 9.31. The quantitative estimate of drug-likeness (QED) is 0.319. The van der Waals surface area contributed by atoms with Gasteiger partial charge in [-0.3, -0.25) is 4.84 Å². The second kappa shape index (κ2) is 7.12.